The Balaban J connectivity index is 1.62. The highest BCUT2D eigenvalue weighted by Gasteiger charge is 2.33. The smallest absolute Gasteiger partial charge is 0.234 e. The van der Waals surface area contributed by atoms with E-state index in [1.54, 1.807) is 35.2 Å². The molecule has 1 aromatic carbocycles. The molecule has 1 N–H and O–H groups in total. The van der Waals surface area contributed by atoms with Crippen LogP contribution in [0.1, 0.15) is 44.1 Å². The highest BCUT2D eigenvalue weighted by atomic mass is 35.5. The Kier molecular flexibility index (Phi) is 7.67. The van der Waals surface area contributed by atoms with Crippen LogP contribution in [0.2, 0.25) is 5.02 Å². The van der Waals surface area contributed by atoms with E-state index in [-0.39, 0.29) is 17.3 Å². The molecular weight excluding hydrogens is 482 g/mol. The van der Waals surface area contributed by atoms with Gasteiger partial charge in [-0.1, -0.05) is 55.0 Å². The minimum Gasteiger partial charge on any atom is -0.369 e. The van der Waals surface area contributed by atoms with Gasteiger partial charge in [0, 0.05) is 33.1 Å². The van der Waals surface area contributed by atoms with E-state index in [0.29, 0.717) is 17.3 Å². The number of ether oxygens (including phenoxy) is 1. The number of nitrogens with one attached hydrogen (secondary N) is 1. The summed E-state index contributed by atoms with van der Waals surface area (Å²) in [5.74, 6) is 1.15. The number of amides is 1. The predicted molar refractivity (Wildman–Crippen MR) is 136 cm³/mol. The summed E-state index contributed by atoms with van der Waals surface area (Å²) in [4.78, 5) is 24.5. The minimum absolute atomic E-state index is 0.0855. The van der Waals surface area contributed by atoms with Crippen LogP contribution in [0.25, 0.3) is 10.2 Å². The van der Waals surface area contributed by atoms with Crippen molar-refractivity contribution in [2.45, 2.75) is 62.4 Å². The quantitative estimate of drug-likeness (QED) is 0.205. The zero-order valence-electron chi connectivity index (χ0n) is 18.4. The van der Waals surface area contributed by atoms with Crippen molar-refractivity contribution in [1.29, 1.82) is 0 Å². The van der Waals surface area contributed by atoms with Crippen LogP contribution in [-0.2, 0) is 22.6 Å². The van der Waals surface area contributed by atoms with E-state index in [4.69, 9.17) is 26.3 Å². The lowest BCUT2D eigenvalue weighted by Gasteiger charge is -2.33. The van der Waals surface area contributed by atoms with Crippen molar-refractivity contribution in [3.8, 4) is 0 Å². The molecule has 32 heavy (non-hydrogen) atoms. The van der Waals surface area contributed by atoms with Gasteiger partial charge in [-0.25, -0.2) is 9.97 Å². The summed E-state index contributed by atoms with van der Waals surface area (Å²) in [6, 6.07) is 7.18. The molecule has 5 nitrogen and oxygen atoms in total. The topological polar surface area (TPSA) is 64.1 Å². The summed E-state index contributed by atoms with van der Waals surface area (Å²) in [6.07, 6.45) is 2.84. The average molecular weight is 508 g/mol. The first-order chi connectivity index (χ1) is 15.4. The van der Waals surface area contributed by atoms with Gasteiger partial charge < -0.3 is 10.1 Å². The molecule has 1 aliphatic rings. The summed E-state index contributed by atoms with van der Waals surface area (Å²) in [7, 11) is 0. The lowest BCUT2D eigenvalue weighted by molar-refractivity contribution is -0.113. The maximum absolute atomic E-state index is 12.6. The second-order valence-electron chi connectivity index (χ2n) is 7.96. The van der Waals surface area contributed by atoms with Crippen molar-refractivity contribution < 1.29 is 9.53 Å². The van der Waals surface area contributed by atoms with Gasteiger partial charge in [-0.2, -0.15) is 0 Å². The first kappa shape index (κ1) is 23.8. The molecule has 2 aromatic heterocycles. The van der Waals surface area contributed by atoms with Crippen molar-refractivity contribution in [3.05, 3.63) is 39.7 Å². The number of anilines is 1. The second kappa shape index (κ2) is 10.3. The van der Waals surface area contributed by atoms with Gasteiger partial charge >= 0.3 is 0 Å². The van der Waals surface area contributed by atoms with E-state index in [1.165, 1.54) is 22.2 Å². The zero-order valence-corrected chi connectivity index (χ0v) is 21.6. The fourth-order valence-electron chi connectivity index (χ4n) is 3.51. The third-order valence-electron chi connectivity index (χ3n) is 5.41. The lowest BCUT2D eigenvalue weighted by Crippen LogP contribution is -2.33. The molecule has 1 amide bonds. The number of aromatic nitrogens is 2. The first-order valence-corrected chi connectivity index (χ1v) is 13.8. The molecule has 3 aromatic rings. The fraction of sp³-hybridized carbons (Fsp3) is 0.435. The number of rotatable bonds is 8. The molecule has 0 bridgehead atoms. The van der Waals surface area contributed by atoms with Gasteiger partial charge in [0.2, 0.25) is 5.91 Å². The summed E-state index contributed by atoms with van der Waals surface area (Å²) in [5, 5.41) is 6.26. The van der Waals surface area contributed by atoms with E-state index in [0.717, 1.165) is 45.4 Å². The van der Waals surface area contributed by atoms with Gasteiger partial charge in [-0.3, -0.25) is 4.79 Å². The zero-order chi connectivity index (χ0) is 22.7. The molecule has 1 unspecified atom stereocenters. The molecule has 0 aliphatic carbocycles. The van der Waals surface area contributed by atoms with Gasteiger partial charge in [0.05, 0.1) is 18.0 Å². The SMILES string of the molecule is CCCSc1nc(SCC(=O)Nc2cccc(Cl)c2)c2c3c(sc2n1)COC(C)(CC)C3. The molecule has 9 heteroatoms. The Morgan fingerprint density at radius 1 is 1.31 bits per heavy atom. The molecule has 1 atom stereocenters. The Bertz CT molecular complexity index is 1140. The molecule has 3 heterocycles. The largest absolute Gasteiger partial charge is 0.369 e. The van der Waals surface area contributed by atoms with Crippen LogP contribution >= 0.6 is 46.5 Å². The number of thioether (sulfide) groups is 2. The molecule has 0 saturated carbocycles. The number of hydrogen-bond donors (Lipinski definition) is 1. The molecule has 0 spiro atoms. The maximum Gasteiger partial charge on any atom is 0.234 e. The molecule has 0 radical (unpaired) electrons. The Labute approximate surface area is 206 Å². The average Bonchev–Trinajstić information content (AvgIpc) is 3.13. The van der Waals surface area contributed by atoms with Crippen LogP contribution < -0.4 is 5.32 Å². The molecule has 4 rings (SSSR count). The number of benzene rings is 1. The van der Waals surface area contributed by atoms with E-state index in [9.17, 15) is 4.79 Å². The van der Waals surface area contributed by atoms with Crippen molar-refractivity contribution >= 4 is 68.3 Å². The number of halogens is 1. The molecular formula is C23H26ClN3O2S3. The number of hydrogen-bond acceptors (Lipinski definition) is 7. The van der Waals surface area contributed by atoms with Crippen molar-refractivity contribution in [3.63, 3.8) is 0 Å². The minimum atomic E-state index is -0.178. The van der Waals surface area contributed by atoms with Crippen molar-refractivity contribution in [1.82, 2.24) is 9.97 Å². The highest BCUT2D eigenvalue weighted by Crippen LogP contribution is 2.43. The van der Waals surface area contributed by atoms with E-state index in [2.05, 4.69) is 26.1 Å². The van der Waals surface area contributed by atoms with Crippen LogP contribution in [0.15, 0.2) is 34.4 Å². The van der Waals surface area contributed by atoms with Gasteiger partial charge in [-0.15, -0.1) is 11.3 Å². The van der Waals surface area contributed by atoms with Crippen LogP contribution in [0, 0.1) is 0 Å². The maximum atomic E-state index is 12.6. The summed E-state index contributed by atoms with van der Waals surface area (Å²) in [5.41, 5.74) is 1.80. The monoisotopic (exact) mass is 507 g/mol. The standard InChI is InChI=1S/C23H26ClN3O2S3/c1-4-9-30-22-26-20(31-13-18(28)25-15-8-6-7-14(24)10-15)19-16-11-23(3,5-2)29-12-17(16)32-21(19)27-22/h6-8,10H,4-5,9,11-13H2,1-3H3,(H,25,28). The molecule has 170 valence electrons. The van der Waals surface area contributed by atoms with Crippen LogP contribution in [0.5, 0.6) is 0 Å². The summed E-state index contributed by atoms with van der Waals surface area (Å²) in [6.45, 7) is 7.08. The third-order valence-corrected chi connectivity index (χ3v) is 8.78. The lowest BCUT2D eigenvalue weighted by atomic mass is 9.90. The number of carbonyl (C=O) groups excluding carboxylic acids is 1. The summed E-state index contributed by atoms with van der Waals surface area (Å²) < 4.78 is 6.16. The normalized spacial score (nSPS) is 18.0. The number of thiophene rings is 1. The summed E-state index contributed by atoms with van der Waals surface area (Å²) >= 11 is 10.9. The fourth-order valence-corrected chi connectivity index (χ4v) is 6.53. The van der Waals surface area contributed by atoms with E-state index in [1.807, 2.05) is 12.1 Å². The molecule has 1 aliphatic heterocycles. The predicted octanol–water partition coefficient (Wildman–Crippen LogP) is 6.82. The van der Waals surface area contributed by atoms with Crippen LogP contribution in [-0.4, -0.2) is 33.0 Å². The van der Waals surface area contributed by atoms with Gasteiger partial charge in [0.15, 0.2) is 5.16 Å². The van der Waals surface area contributed by atoms with Gasteiger partial charge in [0.1, 0.15) is 9.86 Å². The van der Waals surface area contributed by atoms with Gasteiger partial charge in [-0.05, 0) is 43.5 Å². The van der Waals surface area contributed by atoms with E-state index >= 15 is 0 Å². The van der Waals surface area contributed by atoms with Crippen molar-refractivity contribution in [2.75, 3.05) is 16.8 Å². The molecule has 0 fully saturated rings. The van der Waals surface area contributed by atoms with Crippen LogP contribution in [0.3, 0.4) is 0 Å². The Morgan fingerprint density at radius 3 is 2.91 bits per heavy atom. The Morgan fingerprint density at radius 2 is 2.16 bits per heavy atom. The van der Waals surface area contributed by atoms with Crippen molar-refractivity contribution in [2.24, 2.45) is 0 Å². The highest BCUT2D eigenvalue weighted by molar-refractivity contribution is 8.00. The second-order valence-corrected chi connectivity index (χ2v) is 11.5. The Hall–Kier alpha value is -1.32. The molecule has 0 saturated heterocycles. The number of carbonyl (C=O) groups is 1. The number of nitrogens with zero attached hydrogens (tertiary/aromatic N) is 2. The van der Waals surface area contributed by atoms with Gasteiger partial charge in [0.25, 0.3) is 0 Å². The van der Waals surface area contributed by atoms with Crippen LogP contribution in [0.4, 0.5) is 5.69 Å². The number of fused-ring (bicyclic) bond motifs is 3. The third kappa shape index (κ3) is 5.42. The first-order valence-electron chi connectivity index (χ1n) is 10.7. The van der Waals surface area contributed by atoms with E-state index < -0.39 is 0 Å².